The predicted molar refractivity (Wildman–Crippen MR) is 112 cm³/mol. The Bertz CT molecular complexity index is 1130. The second kappa shape index (κ2) is 8.15. The van der Waals surface area contributed by atoms with E-state index >= 15 is 0 Å². The molecular formula is C21H17N3O4S. The lowest BCUT2D eigenvalue weighted by Crippen LogP contribution is -2.25. The van der Waals surface area contributed by atoms with Crippen LogP contribution in [0.25, 0.3) is 10.2 Å². The van der Waals surface area contributed by atoms with Gasteiger partial charge in [-0.05, 0) is 42.5 Å². The lowest BCUT2D eigenvalue weighted by atomic mass is 10.2. The Balaban J connectivity index is 1.76. The van der Waals surface area contributed by atoms with E-state index in [0.29, 0.717) is 28.0 Å². The van der Waals surface area contributed by atoms with Gasteiger partial charge in [-0.2, -0.15) is 10.1 Å². The number of hydrogen-bond donors (Lipinski definition) is 0. The largest absolute Gasteiger partial charge is 0.493 e. The van der Waals surface area contributed by atoms with Crippen LogP contribution in [0.1, 0.15) is 16.1 Å². The fourth-order valence-electron chi connectivity index (χ4n) is 2.71. The van der Waals surface area contributed by atoms with Gasteiger partial charge in [0.1, 0.15) is 5.76 Å². The molecule has 0 unspecified atom stereocenters. The molecule has 146 valence electrons. The summed E-state index contributed by atoms with van der Waals surface area (Å²) in [6.45, 7) is 0. The van der Waals surface area contributed by atoms with E-state index in [2.05, 4.69) is 10.1 Å². The molecule has 0 saturated heterocycles. The van der Waals surface area contributed by atoms with Gasteiger partial charge in [0, 0.05) is 5.56 Å². The van der Waals surface area contributed by atoms with E-state index in [1.165, 1.54) is 29.7 Å². The summed E-state index contributed by atoms with van der Waals surface area (Å²) in [6.07, 6.45) is 3.02. The van der Waals surface area contributed by atoms with Crippen LogP contribution in [0.15, 0.2) is 70.4 Å². The molecule has 0 N–H and O–H groups in total. The third-order valence-corrected chi connectivity index (χ3v) is 5.14. The van der Waals surface area contributed by atoms with Crippen molar-refractivity contribution in [3.05, 3.63) is 72.2 Å². The Morgan fingerprint density at radius 3 is 2.66 bits per heavy atom. The summed E-state index contributed by atoms with van der Waals surface area (Å²) in [5.41, 5.74) is 1.18. The first kappa shape index (κ1) is 18.7. The number of fused-ring (bicyclic) bond motifs is 1. The second-order valence-electron chi connectivity index (χ2n) is 5.91. The highest BCUT2D eigenvalue weighted by molar-refractivity contribution is 7.22. The second-order valence-corrected chi connectivity index (χ2v) is 6.92. The van der Waals surface area contributed by atoms with E-state index in [9.17, 15) is 4.79 Å². The number of para-hydroxylation sites is 1. The Labute approximate surface area is 170 Å². The van der Waals surface area contributed by atoms with Gasteiger partial charge in [0.2, 0.25) is 5.13 Å². The van der Waals surface area contributed by atoms with Crippen LogP contribution >= 0.6 is 11.3 Å². The quantitative estimate of drug-likeness (QED) is 0.345. The zero-order valence-corrected chi connectivity index (χ0v) is 16.6. The van der Waals surface area contributed by atoms with Crippen molar-refractivity contribution < 1.29 is 18.7 Å². The van der Waals surface area contributed by atoms with Crippen LogP contribution < -0.4 is 14.5 Å². The number of rotatable bonds is 6. The molecule has 0 saturated carbocycles. The van der Waals surface area contributed by atoms with Gasteiger partial charge in [-0.3, -0.25) is 4.79 Å². The van der Waals surface area contributed by atoms with Crippen molar-refractivity contribution in [2.24, 2.45) is 5.10 Å². The molecule has 4 aromatic rings. The Hall–Kier alpha value is -3.65. The van der Waals surface area contributed by atoms with Crippen molar-refractivity contribution in [3.8, 4) is 11.5 Å². The summed E-state index contributed by atoms with van der Waals surface area (Å²) < 4.78 is 16.8. The van der Waals surface area contributed by atoms with Crippen LogP contribution in [0, 0.1) is 0 Å². The maximum absolute atomic E-state index is 13.3. The molecule has 0 aliphatic rings. The molecule has 0 spiro atoms. The number of amides is 1. The van der Waals surface area contributed by atoms with Crippen LogP contribution in [0.4, 0.5) is 5.13 Å². The van der Waals surface area contributed by atoms with Crippen molar-refractivity contribution >= 4 is 38.8 Å². The first-order valence-electron chi connectivity index (χ1n) is 8.69. The van der Waals surface area contributed by atoms with Crippen LogP contribution in [0.2, 0.25) is 0 Å². The molecular weight excluding hydrogens is 390 g/mol. The number of carbonyl (C=O) groups excluding carboxylic acids is 1. The number of carbonyl (C=O) groups is 1. The Morgan fingerprint density at radius 2 is 1.93 bits per heavy atom. The number of benzene rings is 2. The molecule has 0 bridgehead atoms. The van der Waals surface area contributed by atoms with E-state index in [-0.39, 0.29) is 5.91 Å². The van der Waals surface area contributed by atoms with Crippen LogP contribution in [-0.2, 0) is 0 Å². The molecule has 0 aliphatic heterocycles. The molecule has 4 rings (SSSR count). The van der Waals surface area contributed by atoms with Crippen molar-refractivity contribution in [1.82, 2.24) is 4.98 Å². The van der Waals surface area contributed by atoms with Crippen molar-refractivity contribution in [2.45, 2.75) is 0 Å². The molecule has 0 radical (unpaired) electrons. The molecule has 1 amide bonds. The molecule has 2 aromatic carbocycles. The lowest BCUT2D eigenvalue weighted by molar-refractivity contribution is 0.0987. The summed E-state index contributed by atoms with van der Waals surface area (Å²) in [5, 5.41) is 6.06. The average molecular weight is 407 g/mol. The van der Waals surface area contributed by atoms with Gasteiger partial charge in [-0.1, -0.05) is 23.5 Å². The Kier molecular flexibility index (Phi) is 5.26. The SMILES string of the molecule is COc1ccc(C(=O)N(/N=C\c2ccco2)c2nc3ccccc3s2)cc1OC. The van der Waals surface area contributed by atoms with Gasteiger partial charge in [0.25, 0.3) is 5.91 Å². The summed E-state index contributed by atoms with van der Waals surface area (Å²) in [4.78, 5) is 17.9. The van der Waals surface area contributed by atoms with Gasteiger partial charge in [-0.15, -0.1) is 0 Å². The summed E-state index contributed by atoms with van der Waals surface area (Å²) in [5.74, 6) is 1.16. The van der Waals surface area contributed by atoms with Gasteiger partial charge in [0.15, 0.2) is 11.5 Å². The van der Waals surface area contributed by atoms with Gasteiger partial charge in [-0.25, -0.2) is 4.98 Å². The number of ether oxygens (including phenoxy) is 2. The van der Waals surface area contributed by atoms with E-state index in [1.54, 1.807) is 43.7 Å². The number of hydrogen-bond acceptors (Lipinski definition) is 7. The van der Waals surface area contributed by atoms with E-state index < -0.39 is 0 Å². The number of methoxy groups -OCH3 is 2. The van der Waals surface area contributed by atoms with Crippen molar-refractivity contribution in [2.75, 3.05) is 19.2 Å². The van der Waals surface area contributed by atoms with Crippen LogP contribution in [0.3, 0.4) is 0 Å². The average Bonchev–Trinajstić information content (AvgIpc) is 3.42. The maximum atomic E-state index is 13.3. The third kappa shape index (κ3) is 3.83. The number of hydrazone groups is 1. The van der Waals surface area contributed by atoms with Gasteiger partial charge < -0.3 is 13.9 Å². The number of aromatic nitrogens is 1. The van der Waals surface area contributed by atoms with Gasteiger partial charge >= 0.3 is 0 Å². The highest BCUT2D eigenvalue weighted by Crippen LogP contribution is 2.32. The fraction of sp³-hybridized carbons (Fsp3) is 0.0952. The minimum absolute atomic E-state index is 0.354. The van der Waals surface area contributed by atoms with Crippen LogP contribution in [-0.4, -0.2) is 31.3 Å². The molecule has 0 atom stereocenters. The number of anilines is 1. The standard InChI is InChI=1S/C21H17N3O4S/c1-26-17-10-9-14(12-18(17)27-2)20(25)24(22-13-15-6-5-11-28-15)21-23-16-7-3-4-8-19(16)29-21/h3-13H,1-2H3/b22-13-. The zero-order chi connectivity index (χ0) is 20.2. The predicted octanol–water partition coefficient (Wildman–Crippen LogP) is 4.59. The number of thiazole rings is 1. The molecule has 7 nitrogen and oxygen atoms in total. The highest BCUT2D eigenvalue weighted by atomic mass is 32.1. The minimum atomic E-state index is -0.354. The van der Waals surface area contributed by atoms with Gasteiger partial charge in [0.05, 0.1) is 36.9 Å². The number of furan rings is 1. The fourth-order valence-corrected chi connectivity index (χ4v) is 3.63. The molecule has 8 heteroatoms. The monoisotopic (exact) mass is 407 g/mol. The third-order valence-electron chi connectivity index (χ3n) is 4.13. The smallest absolute Gasteiger partial charge is 0.280 e. The van der Waals surface area contributed by atoms with Crippen molar-refractivity contribution in [1.29, 1.82) is 0 Å². The summed E-state index contributed by atoms with van der Waals surface area (Å²) >= 11 is 1.38. The van der Waals surface area contributed by atoms with E-state index in [1.807, 2.05) is 24.3 Å². The molecule has 0 fully saturated rings. The normalized spacial score (nSPS) is 11.1. The minimum Gasteiger partial charge on any atom is -0.493 e. The molecule has 0 aliphatic carbocycles. The first-order chi connectivity index (χ1) is 14.2. The van der Waals surface area contributed by atoms with Crippen molar-refractivity contribution in [3.63, 3.8) is 0 Å². The molecule has 2 heterocycles. The summed E-state index contributed by atoms with van der Waals surface area (Å²) in [6, 6.07) is 16.1. The Morgan fingerprint density at radius 1 is 1.10 bits per heavy atom. The zero-order valence-electron chi connectivity index (χ0n) is 15.7. The topological polar surface area (TPSA) is 77.2 Å². The maximum Gasteiger partial charge on any atom is 0.280 e. The first-order valence-corrected chi connectivity index (χ1v) is 9.51. The molecule has 29 heavy (non-hydrogen) atoms. The van der Waals surface area contributed by atoms with E-state index in [0.717, 1.165) is 10.2 Å². The van der Waals surface area contributed by atoms with Crippen LogP contribution in [0.5, 0.6) is 11.5 Å². The van der Waals surface area contributed by atoms with E-state index in [4.69, 9.17) is 13.9 Å². The lowest BCUT2D eigenvalue weighted by Gasteiger charge is -2.15. The molecule has 2 aromatic heterocycles. The summed E-state index contributed by atoms with van der Waals surface area (Å²) in [7, 11) is 3.06. The number of nitrogens with zero attached hydrogens (tertiary/aromatic N) is 3. The highest BCUT2D eigenvalue weighted by Gasteiger charge is 2.22.